The summed E-state index contributed by atoms with van der Waals surface area (Å²) in [6, 6.07) is 4.56. The maximum atomic E-state index is 14.4. The van der Waals surface area contributed by atoms with E-state index < -0.39 is 70.6 Å². The number of ketones is 1. The fraction of sp³-hybridized carbons (Fsp3) is 0.667. The van der Waals surface area contributed by atoms with Gasteiger partial charge in [0, 0.05) is 12.2 Å². The molecule has 0 aromatic heterocycles. The molecule has 0 spiro atoms. The van der Waals surface area contributed by atoms with Crippen LogP contribution in [0.4, 0.5) is 15.3 Å². The molecule has 272 valence electrons. The third-order valence-electron chi connectivity index (χ3n) is 9.39. The van der Waals surface area contributed by atoms with Crippen LogP contribution in [0.5, 0.6) is 0 Å². The number of nitrogens with two attached hydrogens (primary N) is 1. The van der Waals surface area contributed by atoms with Gasteiger partial charge in [0.15, 0.2) is 0 Å². The van der Waals surface area contributed by atoms with Crippen molar-refractivity contribution in [1.29, 1.82) is 0 Å². The standard InChI is InChI=1S/C36H56N6O7/c1-34(2,3)22-18-25(30(45)39-24(17-21-15-16-21)27(43)29(37)44)42(19-22)31(46)28(36(7,8)9)41-32(47)40-26(35(4,5)6)20-49-33(48)38-23-13-11-10-12-14-23/h10-14,21-22,24-26,28H,15-20H2,1-9H3,(H2,37,44)(H,38,48)(H,39,45)(H2,40,41,47)/t22-,24?,25?,26-,28?/m1/s1. The van der Waals surface area contributed by atoms with Gasteiger partial charge in [-0.3, -0.25) is 24.5 Å². The topological polar surface area (TPSA) is 189 Å². The Labute approximate surface area is 290 Å². The second kappa shape index (κ2) is 15.6. The highest BCUT2D eigenvalue weighted by Gasteiger charge is 2.48. The highest BCUT2D eigenvalue weighted by Crippen LogP contribution is 2.39. The van der Waals surface area contributed by atoms with Gasteiger partial charge in [-0.15, -0.1) is 0 Å². The van der Waals surface area contributed by atoms with Gasteiger partial charge in [0.25, 0.3) is 5.91 Å². The molecule has 2 aliphatic rings. The number of anilines is 1. The number of ether oxygens (including phenoxy) is 1. The van der Waals surface area contributed by atoms with Gasteiger partial charge < -0.3 is 31.3 Å². The summed E-state index contributed by atoms with van der Waals surface area (Å²) in [7, 11) is 0. The Bertz CT molecular complexity index is 1370. The molecule has 3 rings (SSSR count). The van der Waals surface area contributed by atoms with Crippen molar-refractivity contribution in [2.75, 3.05) is 18.5 Å². The monoisotopic (exact) mass is 684 g/mol. The van der Waals surface area contributed by atoms with Crippen LogP contribution in [0.1, 0.15) is 88.0 Å². The van der Waals surface area contributed by atoms with Crippen molar-refractivity contribution in [2.24, 2.45) is 33.8 Å². The Balaban J connectivity index is 1.78. The molecule has 1 saturated heterocycles. The summed E-state index contributed by atoms with van der Waals surface area (Å²) in [4.78, 5) is 80.1. The molecule has 2 fully saturated rings. The van der Waals surface area contributed by atoms with Crippen molar-refractivity contribution in [1.82, 2.24) is 20.9 Å². The summed E-state index contributed by atoms with van der Waals surface area (Å²) in [6.07, 6.45) is 1.80. The fourth-order valence-electron chi connectivity index (χ4n) is 5.80. The van der Waals surface area contributed by atoms with Crippen molar-refractivity contribution in [3.05, 3.63) is 30.3 Å². The number of amides is 6. The van der Waals surface area contributed by atoms with E-state index in [1.54, 1.807) is 24.3 Å². The maximum Gasteiger partial charge on any atom is 0.411 e. The van der Waals surface area contributed by atoms with Crippen LogP contribution in [0.15, 0.2) is 30.3 Å². The van der Waals surface area contributed by atoms with Crippen LogP contribution in [-0.4, -0.2) is 77.8 Å². The molecule has 5 atom stereocenters. The van der Waals surface area contributed by atoms with Crippen LogP contribution in [0, 0.1) is 28.1 Å². The molecule has 3 unspecified atom stereocenters. The Morgan fingerprint density at radius 2 is 1.49 bits per heavy atom. The Hall–Kier alpha value is -4.16. The third kappa shape index (κ3) is 11.5. The average Bonchev–Trinajstić information content (AvgIpc) is 3.68. The van der Waals surface area contributed by atoms with Crippen molar-refractivity contribution in [2.45, 2.75) is 112 Å². The Kier molecular flexibility index (Phi) is 12.5. The fourth-order valence-corrected chi connectivity index (χ4v) is 5.80. The molecule has 1 heterocycles. The van der Waals surface area contributed by atoms with Crippen molar-refractivity contribution >= 4 is 41.3 Å². The van der Waals surface area contributed by atoms with Gasteiger partial charge in [-0.2, -0.15) is 0 Å². The van der Waals surface area contributed by atoms with Gasteiger partial charge in [0.2, 0.25) is 17.6 Å². The van der Waals surface area contributed by atoms with Crippen molar-refractivity contribution in [3.8, 4) is 0 Å². The van der Waals surface area contributed by atoms with Gasteiger partial charge in [0.1, 0.15) is 18.7 Å². The summed E-state index contributed by atoms with van der Waals surface area (Å²) < 4.78 is 5.45. The largest absolute Gasteiger partial charge is 0.447 e. The number of nitrogens with zero attached hydrogens (tertiary/aromatic N) is 1. The predicted molar refractivity (Wildman–Crippen MR) is 186 cm³/mol. The lowest BCUT2D eigenvalue weighted by Gasteiger charge is -2.37. The van der Waals surface area contributed by atoms with Crippen molar-refractivity contribution < 1.29 is 33.5 Å². The van der Waals surface area contributed by atoms with E-state index in [1.807, 2.05) is 68.4 Å². The number of hydrogen-bond donors (Lipinski definition) is 5. The zero-order chi connectivity index (χ0) is 36.9. The summed E-state index contributed by atoms with van der Waals surface area (Å²) >= 11 is 0. The molecule has 13 heteroatoms. The molecule has 0 bridgehead atoms. The quantitative estimate of drug-likeness (QED) is 0.206. The zero-order valence-corrected chi connectivity index (χ0v) is 30.5. The second-order valence-corrected chi connectivity index (χ2v) is 16.7. The minimum atomic E-state index is -1.11. The van der Waals surface area contributed by atoms with E-state index >= 15 is 0 Å². The first-order valence-corrected chi connectivity index (χ1v) is 17.1. The molecule has 13 nitrogen and oxygen atoms in total. The highest BCUT2D eigenvalue weighted by molar-refractivity contribution is 6.37. The van der Waals surface area contributed by atoms with E-state index in [4.69, 9.17) is 10.5 Å². The van der Waals surface area contributed by atoms with Gasteiger partial charge in [0.05, 0.1) is 12.1 Å². The maximum absolute atomic E-state index is 14.4. The van der Waals surface area contributed by atoms with Gasteiger partial charge >= 0.3 is 12.1 Å². The first-order valence-electron chi connectivity index (χ1n) is 17.1. The van der Waals surface area contributed by atoms with Gasteiger partial charge in [-0.1, -0.05) is 93.4 Å². The number of urea groups is 1. The number of hydrogen-bond acceptors (Lipinski definition) is 7. The Morgan fingerprint density at radius 1 is 0.878 bits per heavy atom. The predicted octanol–water partition coefficient (Wildman–Crippen LogP) is 3.97. The number of carbonyl (C=O) groups excluding carboxylic acids is 6. The van der Waals surface area contributed by atoms with E-state index in [2.05, 4.69) is 21.3 Å². The van der Waals surface area contributed by atoms with Crippen LogP contribution in [-0.2, 0) is 23.9 Å². The highest BCUT2D eigenvalue weighted by atomic mass is 16.5. The van der Waals surface area contributed by atoms with Gasteiger partial charge in [-0.25, -0.2) is 9.59 Å². The number of para-hydroxylation sites is 1. The van der Waals surface area contributed by atoms with E-state index in [1.165, 1.54) is 4.90 Å². The lowest BCUT2D eigenvalue weighted by atomic mass is 9.79. The number of nitrogens with one attached hydrogen (secondary N) is 4. The number of rotatable bonds is 12. The second-order valence-electron chi connectivity index (χ2n) is 16.7. The molecule has 1 aliphatic heterocycles. The Morgan fingerprint density at radius 3 is 2.00 bits per heavy atom. The van der Waals surface area contributed by atoms with Crippen LogP contribution >= 0.6 is 0 Å². The zero-order valence-electron chi connectivity index (χ0n) is 30.5. The lowest BCUT2D eigenvalue weighted by Crippen LogP contribution is -2.61. The molecule has 1 saturated carbocycles. The number of primary amides is 1. The van der Waals surface area contributed by atoms with E-state index in [9.17, 15) is 28.8 Å². The molecule has 1 aromatic rings. The van der Waals surface area contributed by atoms with Crippen LogP contribution in [0.2, 0.25) is 0 Å². The molecule has 1 aromatic carbocycles. The number of carbonyl (C=O) groups is 6. The smallest absolute Gasteiger partial charge is 0.411 e. The first-order chi connectivity index (χ1) is 22.6. The van der Waals surface area contributed by atoms with Crippen LogP contribution < -0.4 is 27.0 Å². The average molecular weight is 685 g/mol. The molecule has 6 N–H and O–H groups in total. The molecular formula is C36H56N6O7. The molecule has 6 amide bonds. The minimum Gasteiger partial charge on any atom is -0.447 e. The molecule has 1 aliphatic carbocycles. The summed E-state index contributed by atoms with van der Waals surface area (Å²) in [6.45, 7) is 17.4. The summed E-state index contributed by atoms with van der Waals surface area (Å²) in [5.41, 5.74) is 4.32. The number of Topliss-reactive ketones (excluding diaryl/α,β-unsaturated/α-hetero) is 1. The third-order valence-corrected chi connectivity index (χ3v) is 9.39. The molecular weight excluding hydrogens is 628 g/mol. The van der Waals surface area contributed by atoms with E-state index in [0.29, 0.717) is 18.5 Å². The minimum absolute atomic E-state index is 0.0557. The normalized spacial score (nSPS) is 20.0. The van der Waals surface area contributed by atoms with Crippen LogP contribution in [0.3, 0.4) is 0 Å². The van der Waals surface area contributed by atoms with E-state index in [-0.39, 0.29) is 30.4 Å². The summed E-state index contributed by atoms with van der Waals surface area (Å²) in [5.74, 6) is -2.77. The lowest BCUT2D eigenvalue weighted by molar-refractivity contribution is -0.143. The van der Waals surface area contributed by atoms with E-state index in [0.717, 1.165) is 12.8 Å². The number of benzene rings is 1. The van der Waals surface area contributed by atoms with Gasteiger partial charge in [-0.05, 0) is 53.1 Å². The first kappa shape index (κ1) is 39.3. The SMILES string of the molecule is CC(C)(C)C(NC(=O)N[C@H](COC(=O)Nc1ccccc1)C(C)(C)C)C(=O)N1C[C@H](C(C)(C)C)CC1C(=O)NC(CC1CC1)C(=O)C(N)=O. The summed E-state index contributed by atoms with van der Waals surface area (Å²) in [5, 5.41) is 11.1. The number of likely N-dealkylation sites (tertiary alicyclic amines) is 1. The van der Waals surface area contributed by atoms with Crippen molar-refractivity contribution in [3.63, 3.8) is 0 Å². The molecule has 0 radical (unpaired) electrons. The van der Waals surface area contributed by atoms with Crippen LogP contribution in [0.25, 0.3) is 0 Å². The molecule has 49 heavy (non-hydrogen) atoms.